The van der Waals surface area contributed by atoms with E-state index in [1.807, 2.05) is 60.7 Å². The average molecular weight is 346 g/mol. The summed E-state index contributed by atoms with van der Waals surface area (Å²) in [4.78, 5) is 8.62. The maximum atomic E-state index is 5.84. The van der Waals surface area contributed by atoms with E-state index in [0.717, 1.165) is 22.6 Å². The summed E-state index contributed by atoms with van der Waals surface area (Å²) < 4.78 is 12.7. The summed E-state index contributed by atoms with van der Waals surface area (Å²) in [5.41, 5.74) is 3.07. The van der Waals surface area contributed by atoms with E-state index in [1.165, 1.54) is 0 Å². The molecule has 0 amide bonds. The Morgan fingerprint density at radius 3 is 2.50 bits per heavy atom. The monoisotopic (exact) mass is 346 g/mol. The summed E-state index contributed by atoms with van der Waals surface area (Å²) in [6.45, 7) is 0.901. The second-order valence-electron chi connectivity index (χ2n) is 5.80. The van der Waals surface area contributed by atoms with Gasteiger partial charge < -0.3 is 9.47 Å². The lowest BCUT2D eigenvalue weighted by molar-refractivity contribution is 0.178. The van der Waals surface area contributed by atoms with Crippen molar-refractivity contribution < 1.29 is 9.47 Å². The predicted octanol–water partition coefficient (Wildman–Crippen LogP) is 3.52. The SMILES string of the molecule is COCc1nc2nccc(-c3ccc(OCc4ccccc4)cc3)n2n1. The molecule has 0 radical (unpaired) electrons. The zero-order valence-corrected chi connectivity index (χ0v) is 14.4. The molecule has 0 bridgehead atoms. The number of benzene rings is 2. The topological polar surface area (TPSA) is 61.5 Å². The molecule has 0 aliphatic carbocycles. The van der Waals surface area contributed by atoms with Crippen molar-refractivity contribution in [3.05, 3.63) is 78.2 Å². The zero-order chi connectivity index (χ0) is 17.8. The van der Waals surface area contributed by atoms with E-state index in [4.69, 9.17) is 9.47 Å². The van der Waals surface area contributed by atoms with E-state index in [-0.39, 0.29) is 0 Å². The number of aromatic nitrogens is 4. The van der Waals surface area contributed by atoms with E-state index >= 15 is 0 Å². The molecule has 2 heterocycles. The molecule has 4 rings (SSSR count). The molecule has 0 saturated carbocycles. The first-order valence-electron chi connectivity index (χ1n) is 8.30. The van der Waals surface area contributed by atoms with Gasteiger partial charge in [0.1, 0.15) is 19.0 Å². The van der Waals surface area contributed by atoms with E-state index in [0.29, 0.717) is 24.8 Å². The highest BCUT2D eigenvalue weighted by Crippen LogP contribution is 2.23. The van der Waals surface area contributed by atoms with E-state index in [2.05, 4.69) is 15.1 Å². The number of hydrogen-bond acceptors (Lipinski definition) is 5. The number of fused-ring (bicyclic) bond motifs is 1. The van der Waals surface area contributed by atoms with Gasteiger partial charge in [0.25, 0.3) is 5.78 Å². The van der Waals surface area contributed by atoms with Gasteiger partial charge >= 0.3 is 0 Å². The normalized spacial score (nSPS) is 11.0. The largest absolute Gasteiger partial charge is 0.489 e. The van der Waals surface area contributed by atoms with Crippen molar-refractivity contribution in [1.82, 2.24) is 19.6 Å². The Kier molecular flexibility index (Phi) is 4.57. The van der Waals surface area contributed by atoms with Crippen LogP contribution in [0.1, 0.15) is 11.4 Å². The van der Waals surface area contributed by atoms with E-state index < -0.39 is 0 Å². The van der Waals surface area contributed by atoms with Crippen LogP contribution in [0.25, 0.3) is 17.0 Å². The highest BCUT2D eigenvalue weighted by Gasteiger charge is 2.10. The van der Waals surface area contributed by atoms with E-state index in [1.54, 1.807) is 17.8 Å². The van der Waals surface area contributed by atoms with Crippen molar-refractivity contribution in [2.75, 3.05) is 7.11 Å². The lowest BCUT2D eigenvalue weighted by atomic mass is 10.1. The Bertz CT molecular complexity index is 997. The Hall–Kier alpha value is -3.25. The zero-order valence-electron chi connectivity index (χ0n) is 14.4. The average Bonchev–Trinajstić information content (AvgIpc) is 3.10. The van der Waals surface area contributed by atoms with Crippen LogP contribution in [0, 0.1) is 0 Å². The molecular formula is C20H18N4O2. The summed E-state index contributed by atoms with van der Waals surface area (Å²) in [5, 5.41) is 4.46. The standard InChI is InChI=1S/C20H18N4O2/c1-25-14-19-22-20-21-12-11-18(24(20)23-19)16-7-9-17(10-8-16)26-13-15-5-3-2-4-6-15/h2-12H,13-14H2,1H3. The van der Waals surface area contributed by atoms with Gasteiger partial charge in [0.15, 0.2) is 5.82 Å². The number of hydrogen-bond donors (Lipinski definition) is 0. The smallest absolute Gasteiger partial charge is 0.253 e. The number of ether oxygens (including phenoxy) is 2. The van der Waals surface area contributed by atoms with Gasteiger partial charge in [0, 0.05) is 18.9 Å². The third-order valence-electron chi connectivity index (χ3n) is 3.96. The molecule has 0 aliphatic rings. The van der Waals surface area contributed by atoms with Crippen LogP contribution in [0.2, 0.25) is 0 Å². The van der Waals surface area contributed by atoms with Gasteiger partial charge in [-0.3, -0.25) is 0 Å². The quantitative estimate of drug-likeness (QED) is 0.535. The fourth-order valence-electron chi connectivity index (χ4n) is 2.71. The molecule has 0 fully saturated rings. The minimum atomic E-state index is 0.356. The van der Waals surface area contributed by atoms with Crippen LogP contribution in [0.3, 0.4) is 0 Å². The summed E-state index contributed by atoms with van der Waals surface area (Å²) in [5.74, 6) is 1.98. The molecule has 26 heavy (non-hydrogen) atoms. The predicted molar refractivity (Wildman–Crippen MR) is 97.7 cm³/mol. The second-order valence-corrected chi connectivity index (χ2v) is 5.80. The van der Waals surface area contributed by atoms with Gasteiger partial charge in [-0.05, 0) is 35.9 Å². The molecule has 0 spiro atoms. The summed E-state index contributed by atoms with van der Waals surface area (Å²) >= 11 is 0. The minimum absolute atomic E-state index is 0.356. The minimum Gasteiger partial charge on any atom is -0.489 e. The van der Waals surface area contributed by atoms with Gasteiger partial charge in [-0.1, -0.05) is 30.3 Å². The van der Waals surface area contributed by atoms with Gasteiger partial charge in [0.2, 0.25) is 0 Å². The van der Waals surface area contributed by atoms with Gasteiger partial charge in [-0.25, -0.2) is 4.98 Å². The molecule has 4 aromatic rings. The first-order valence-corrected chi connectivity index (χ1v) is 8.30. The van der Waals surface area contributed by atoms with Gasteiger partial charge in [-0.2, -0.15) is 9.50 Å². The van der Waals surface area contributed by atoms with Crippen LogP contribution in [0.5, 0.6) is 5.75 Å². The lowest BCUT2D eigenvalue weighted by Gasteiger charge is -2.08. The highest BCUT2D eigenvalue weighted by atomic mass is 16.5. The molecule has 6 nitrogen and oxygen atoms in total. The summed E-state index contributed by atoms with van der Waals surface area (Å²) in [7, 11) is 1.62. The third kappa shape index (κ3) is 3.41. The highest BCUT2D eigenvalue weighted by molar-refractivity contribution is 5.62. The van der Waals surface area contributed by atoms with Crippen LogP contribution in [-0.2, 0) is 18.0 Å². The third-order valence-corrected chi connectivity index (χ3v) is 3.96. The Morgan fingerprint density at radius 1 is 0.923 bits per heavy atom. The van der Waals surface area contributed by atoms with E-state index in [9.17, 15) is 0 Å². The van der Waals surface area contributed by atoms with Gasteiger partial charge in [-0.15, -0.1) is 5.10 Å². The summed E-state index contributed by atoms with van der Waals surface area (Å²) in [6.07, 6.45) is 1.73. The van der Waals surface area contributed by atoms with Crippen molar-refractivity contribution in [3.8, 4) is 17.0 Å². The second kappa shape index (κ2) is 7.33. The maximum absolute atomic E-state index is 5.84. The molecule has 0 aliphatic heterocycles. The Labute approximate surface area is 151 Å². The maximum Gasteiger partial charge on any atom is 0.253 e. The molecular weight excluding hydrogens is 328 g/mol. The van der Waals surface area contributed by atoms with Crippen molar-refractivity contribution in [2.24, 2.45) is 0 Å². The van der Waals surface area contributed by atoms with Crippen LogP contribution >= 0.6 is 0 Å². The first-order chi connectivity index (χ1) is 12.8. The fourth-order valence-corrected chi connectivity index (χ4v) is 2.71. The van der Waals surface area contributed by atoms with Crippen LogP contribution in [0.15, 0.2) is 66.9 Å². The number of methoxy groups -OCH3 is 1. The molecule has 6 heteroatoms. The Morgan fingerprint density at radius 2 is 1.73 bits per heavy atom. The molecule has 0 saturated heterocycles. The summed E-state index contributed by atoms with van der Waals surface area (Å²) in [6, 6.07) is 19.9. The first kappa shape index (κ1) is 16.2. The van der Waals surface area contributed by atoms with Crippen molar-refractivity contribution >= 4 is 5.78 Å². The van der Waals surface area contributed by atoms with Crippen LogP contribution in [-0.4, -0.2) is 26.7 Å². The Balaban J connectivity index is 1.56. The van der Waals surface area contributed by atoms with Crippen molar-refractivity contribution in [3.63, 3.8) is 0 Å². The molecule has 0 N–H and O–H groups in total. The fraction of sp³-hybridized carbons (Fsp3) is 0.150. The number of rotatable bonds is 6. The van der Waals surface area contributed by atoms with Crippen LogP contribution in [0.4, 0.5) is 0 Å². The van der Waals surface area contributed by atoms with Gasteiger partial charge in [0.05, 0.1) is 5.69 Å². The molecule has 2 aromatic heterocycles. The lowest BCUT2D eigenvalue weighted by Crippen LogP contribution is -1.97. The number of nitrogens with zero attached hydrogens (tertiary/aromatic N) is 4. The molecule has 2 aromatic carbocycles. The van der Waals surface area contributed by atoms with Crippen LogP contribution < -0.4 is 4.74 Å². The molecule has 130 valence electrons. The molecule has 0 unspecified atom stereocenters. The van der Waals surface area contributed by atoms with Crippen molar-refractivity contribution in [1.29, 1.82) is 0 Å². The van der Waals surface area contributed by atoms with Crippen molar-refractivity contribution in [2.45, 2.75) is 13.2 Å². The molecule has 0 atom stereocenters.